The molecule has 188 valence electrons. The van der Waals surface area contributed by atoms with Crippen LogP contribution in [0.5, 0.6) is 0 Å². The number of aromatic nitrogens is 2. The molecule has 3 heterocycles. The van der Waals surface area contributed by atoms with E-state index in [1.165, 1.54) is 18.4 Å². The van der Waals surface area contributed by atoms with Gasteiger partial charge in [-0.15, -0.1) is 0 Å². The molecule has 36 heavy (non-hydrogen) atoms. The fraction of sp³-hybridized carbons (Fsp3) is 0.333. The maximum Gasteiger partial charge on any atom is 0.416 e. The molecular weight excluding hydrogens is 469 g/mol. The second kappa shape index (κ2) is 10.2. The number of halogens is 3. The number of likely N-dealkylation sites (tertiary alicyclic amines) is 1. The standard InChI is InChI=1S/C27H27F3N4O2/c28-27(29,30)21-7-5-6-19(14-21)16-33(13-10-20-15-31-23-9-2-1-8-22(20)23)17-25-32-24(18-36-25)26(35)34-11-3-4-12-34/h1-2,5-9,14-15,18,31H,3-4,10-13,16-17H2. The molecule has 0 radical (unpaired) electrons. The molecule has 5 rings (SSSR count). The van der Waals surface area contributed by atoms with Crippen LogP contribution in [0.1, 0.15) is 45.9 Å². The summed E-state index contributed by atoms with van der Waals surface area (Å²) in [6.07, 6.45) is 1.58. The lowest BCUT2D eigenvalue weighted by Crippen LogP contribution is -2.28. The quantitative estimate of drug-likeness (QED) is 0.342. The van der Waals surface area contributed by atoms with E-state index < -0.39 is 11.7 Å². The van der Waals surface area contributed by atoms with E-state index >= 15 is 0 Å². The third-order valence-electron chi connectivity index (χ3n) is 6.56. The van der Waals surface area contributed by atoms with Crippen molar-refractivity contribution < 1.29 is 22.4 Å². The maximum absolute atomic E-state index is 13.3. The number of para-hydroxylation sites is 1. The molecule has 0 spiro atoms. The number of oxazole rings is 1. The molecule has 0 saturated carbocycles. The lowest BCUT2D eigenvalue weighted by molar-refractivity contribution is -0.137. The first-order chi connectivity index (χ1) is 17.4. The van der Waals surface area contributed by atoms with Gasteiger partial charge in [0.1, 0.15) is 6.26 Å². The topological polar surface area (TPSA) is 65.4 Å². The van der Waals surface area contributed by atoms with E-state index in [1.807, 2.05) is 35.4 Å². The van der Waals surface area contributed by atoms with Crippen molar-refractivity contribution in [2.24, 2.45) is 0 Å². The molecule has 6 nitrogen and oxygen atoms in total. The van der Waals surface area contributed by atoms with Crippen LogP contribution in [0.25, 0.3) is 10.9 Å². The van der Waals surface area contributed by atoms with Crippen molar-refractivity contribution in [3.8, 4) is 0 Å². The van der Waals surface area contributed by atoms with Gasteiger partial charge in [0, 0.05) is 43.3 Å². The van der Waals surface area contributed by atoms with E-state index in [-0.39, 0.29) is 24.7 Å². The van der Waals surface area contributed by atoms with Crippen LogP contribution in [0.15, 0.2) is 65.4 Å². The van der Waals surface area contributed by atoms with Crippen molar-refractivity contribution >= 4 is 16.8 Å². The van der Waals surface area contributed by atoms with Gasteiger partial charge in [-0.05, 0) is 42.5 Å². The number of fused-ring (bicyclic) bond motifs is 1. The fourth-order valence-electron chi connectivity index (χ4n) is 4.69. The normalized spacial score (nSPS) is 14.3. The summed E-state index contributed by atoms with van der Waals surface area (Å²) in [6.45, 7) is 2.55. The Balaban J connectivity index is 1.34. The Bertz CT molecular complexity index is 1340. The minimum absolute atomic E-state index is 0.147. The van der Waals surface area contributed by atoms with Gasteiger partial charge in [0.05, 0.1) is 12.1 Å². The van der Waals surface area contributed by atoms with Crippen LogP contribution in [0.3, 0.4) is 0 Å². The molecular formula is C27H27F3N4O2. The van der Waals surface area contributed by atoms with Crippen LogP contribution in [0, 0.1) is 0 Å². The average molecular weight is 497 g/mol. The number of nitrogens with zero attached hydrogens (tertiary/aromatic N) is 3. The SMILES string of the molecule is O=C(c1coc(CN(CCc2c[nH]c3ccccc23)Cc2cccc(C(F)(F)F)c2)n1)N1CCCC1. The van der Waals surface area contributed by atoms with Gasteiger partial charge in [-0.2, -0.15) is 13.2 Å². The zero-order chi connectivity index (χ0) is 25.1. The highest BCUT2D eigenvalue weighted by atomic mass is 19.4. The number of carbonyl (C=O) groups excluding carboxylic acids is 1. The van der Waals surface area contributed by atoms with Crippen molar-refractivity contribution in [1.82, 2.24) is 19.8 Å². The van der Waals surface area contributed by atoms with Crippen LogP contribution in [0.2, 0.25) is 0 Å². The molecule has 0 atom stereocenters. The van der Waals surface area contributed by atoms with E-state index in [1.54, 1.807) is 11.0 Å². The molecule has 1 aliphatic rings. The minimum Gasteiger partial charge on any atom is -0.447 e. The van der Waals surface area contributed by atoms with E-state index in [0.29, 0.717) is 37.5 Å². The molecule has 1 amide bonds. The molecule has 2 aromatic carbocycles. The highest BCUT2D eigenvalue weighted by Gasteiger charge is 2.30. The number of alkyl halides is 3. The first-order valence-electron chi connectivity index (χ1n) is 12.0. The Morgan fingerprint density at radius 3 is 2.69 bits per heavy atom. The molecule has 9 heteroatoms. The Morgan fingerprint density at radius 2 is 1.89 bits per heavy atom. The molecule has 1 N–H and O–H groups in total. The summed E-state index contributed by atoms with van der Waals surface area (Å²) in [5.41, 5.74) is 2.30. The van der Waals surface area contributed by atoms with Gasteiger partial charge in [0.25, 0.3) is 5.91 Å². The Hall–Kier alpha value is -3.59. The van der Waals surface area contributed by atoms with Crippen molar-refractivity contribution in [2.45, 2.75) is 38.5 Å². The Morgan fingerprint density at radius 1 is 1.08 bits per heavy atom. The third-order valence-corrected chi connectivity index (χ3v) is 6.56. The lowest BCUT2D eigenvalue weighted by atomic mass is 10.1. The summed E-state index contributed by atoms with van der Waals surface area (Å²) in [6, 6.07) is 13.4. The number of carbonyl (C=O) groups is 1. The zero-order valence-corrected chi connectivity index (χ0v) is 19.7. The first-order valence-corrected chi connectivity index (χ1v) is 12.0. The third kappa shape index (κ3) is 5.46. The van der Waals surface area contributed by atoms with E-state index in [9.17, 15) is 18.0 Å². The maximum atomic E-state index is 13.3. The number of hydrogen-bond acceptors (Lipinski definition) is 4. The molecule has 1 aliphatic heterocycles. The van der Waals surface area contributed by atoms with Crippen molar-refractivity contribution in [3.05, 3.63) is 89.3 Å². The Labute approximate surface area is 206 Å². The summed E-state index contributed by atoms with van der Waals surface area (Å²) in [7, 11) is 0. The van der Waals surface area contributed by atoms with E-state index in [0.717, 1.165) is 35.4 Å². The van der Waals surface area contributed by atoms with Gasteiger partial charge in [-0.1, -0.05) is 36.4 Å². The molecule has 0 aliphatic carbocycles. The lowest BCUT2D eigenvalue weighted by Gasteiger charge is -2.21. The number of nitrogens with one attached hydrogen (secondary N) is 1. The Kier molecular flexibility index (Phi) is 6.82. The van der Waals surface area contributed by atoms with Crippen LogP contribution >= 0.6 is 0 Å². The van der Waals surface area contributed by atoms with Gasteiger partial charge in [-0.25, -0.2) is 4.98 Å². The highest BCUT2D eigenvalue weighted by Crippen LogP contribution is 2.30. The predicted molar refractivity (Wildman–Crippen MR) is 129 cm³/mol. The van der Waals surface area contributed by atoms with Gasteiger partial charge in [0.15, 0.2) is 5.69 Å². The average Bonchev–Trinajstić information content (AvgIpc) is 3.63. The number of aromatic amines is 1. The second-order valence-electron chi connectivity index (χ2n) is 9.14. The number of benzene rings is 2. The van der Waals surface area contributed by atoms with Gasteiger partial charge >= 0.3 is 6.18 Å². The summed E-state index contributed by atoms with van der Waals surface area (Å²) in [4.78, 5) is 24.1. The van der Waals surface area contributed by atoms with Crippen LogP contribution in [0.4, 0.5) is 13.2 Å². The predicted octanol–water partition coefficient (Wildman–Crippen LogP) is 5.66. The smallest absolute Gasteiger partial charge is 0.416 e. The first kappa shape index (κ1) is 24.1. The largest absolute Gasteiger partial charge is 0.447 e. The van der Waals surface area contributed by atoms with Gasteiger partial charge in [-0.3, -0.25) is 9.69 Å². The molecule has 2 aromatic heterocycles. The summed E-state index contributed by atoms with van der Waals surface area (Å²) in [5.74, 6) is 0.217. The highest BCUT2D eigenvalue weighted by molar-refractivity contribution is 5.92. The van der Waals surface area contributed by atoms with Crippen molar-refractivity contribution in [2.75, 3.05) is 19.6 Å². The molecule has 0 bridgehead atoms. The van der Waals surface area contributed by atoms with E-state index in [4.69, 9.17) is 4.42 Å². The molecule has 0 unspecified atom stereocenters. The van der Waals surface area contributed by atoms with Crippen molar-refractivity contribution in [3.63, 3.8) is 0 Å². The number of hydrogen-bond donors (Lipinski definition) is 1. The monoisotopic (exact) mass is 496 g/mol. The second-order valence-corrected chi connectivity index (χ2v) is 9.14. The molecule has 1 saturated heterocycles. The summed E-state index contributed by atoms with van der Waals surface area (Å²) >= 11 is 0. The fourth-order valence-corrected chi connectivity index (χ4v) is 4.69. The van der Waals surface area contributed by atoms with Crippen LogP contribution < -0.4 is 0 Å². The molecule has 4 aromatic rings. The van der Waals surface area contributed by atoms with Crippen LogP contribution in [-0.2, 0) is 25.7 Å². The summed E-state index contributed by atoms with van der Waals surface area (Å²) < 4.78 is 45.4. The number of amides is 1. The van der Waals surface area contributed by atoms with Crippen LogP contribution in [-0.4, -0.2) is 45.3 Å². The van der Waals surface area contributed by atoms with Crippen molar-refractivity contribution in [1.29, 1.82) is 0 Å². The zero-order valence-electron chi connectivity index (χ0n) is 19.7. The number of H-pyrrole nitrogens is 1. The van der Waals surface area contributed by atoms with Gasteiger partial charge < -0.3 is 14.3 Å². The summed E-state index contributed by atoms with van der Waals surface area (Å²) in [5, 5.41) is 1.12. The van der Waals surface area contributed by atoms with E-state index in [2.05, 4.69) is 9.97 Å². The molecule has 1 fully saturated rings. The minimum atomic E-state index is -4.40. The van der Waals surface area contributed by atoms with Gasteiger partial charge in [0.2, 0.25) is 5.89 Å². The number of rotatable bonds is 8.